The van der Waals surface area contributed by atoms with Crippen molar-refractivity contribution in [3.63, 3.8) is 0 Å². The smallest absolute Gasteiger partial charge is 0.298 e. The fourth-order valence-corrected chi connectivity index (χ4v) is 3.70. The molecule has 1 aromatic heterocycles. The summed E-state index contributed by atoms with van der Waals surface area (Å²) in [6, 6.07) is 13.3. The van der Waals surface area contributed by atoms with Crippen molar-refractivity contribution in [3.05, 3.63) is 58.1 Å². The number of aromatic nitrogens is 1. The van der Waals surface area contributed by atoms with Crippen molar-refractivity contribution in [1.29, 1.82) is 0 Å². The van der Waals surface area contributed by atoms with Gasteiger partial charge in [0, 0.05) is 24.7 Å². The van der Waals surface area contributed by atoms with Gasteiger partial charge in [0.1, 0.15) is 5.52 Å². The van der Waals surface area contributed by atoms with E-state index in [9.17, 15) is 4.79 Å². The maximum absolute atomic E-state index is 12.4. The predicted molar refractivity (Wildman–Crippen MR) is 108 cm³/mol. The lowest BCUT2D eigenvalue weighted by Gasteiger charge is -2.30. The van der Waals surface area contributed by atoms with E-state index in [2.05, 4.69) is 15.2 Å². The SMILES string of the molecule is O=C(NCC1CCN(c2nc3ccccc3o2)CC1)c1cc(Cl)ccc1Cl. The summed E-state index contributed by atoms with van der Waals surface area (Å²) in [5.74, 6) is 0.219. The van der Waals surface area contributed by atoms with E-state index >= 15 is 0 Å². The second-order valence-corrected chi connectivity index (χ2v) is 7.57. The maximum atomic E-state index is 12.4. The molecular weight excluding hydrogens is 385 g/mol. The average Bonchev–Trinajstić information content (AvgIpc) is 3.12. The largest absolute Gasteiger partial charge is 0.423 e. The van der Waals surface area contributed by atoms with Crippen molar-refractivity contribution >= 4 is 46.2 Å². The highest BCUT2D eigenvalue weighted by Gasteiger charge is 2.23. The van der Waals surface area contributed by atoms with Crippen LogP contribution in [0.4, 0.5) is 6.01 Å². The zero-order valence-electron chi connectivity index (χ0n) is 14.6. The Labute approximate surface area is 167 Å². The molecule has 0 bridgehead atoms. The summed E-state index contributed by atoms with van der Waals surface area (Å²) >= 11 is 12.0. The number of benzene rings is 2. The van der Waals surface area contributed by atoms with Crippen LogP contribution in [-0.2, 0) is 0 Å². The molecule has 0 spiro atoms. The Balaban J connectivity index is 1.31. The Bertz CT molecular complexity index is 932. The molecule has 1 N–H and O–H groups in total. The summed E-state index contributed by atoms with van der Waals surface area (Å²) in [6.45, 7) is 2.32. The number of hydrogen-bond acceptors (Lipinski definition) is 4. The molecule has 5 nitrogen and oxygen atoms in total. The first-order valence-corrected chi connectivity index (χ1v) is 9.69. The van der Waals surface area contributed by atoms with Gasteiger partial charge in [-0.1, -0.05) is 35.3 Å². The van der Waals surface area contributed by atoms with Crippen molar-refractivity contribution < 1.29 is 9.21 Å². The molecule has 0 aliphatic carbocycles. The number of hydrogen-bond donors (Lipinski definition) is 1. The molecule has 0 unspecified atom stereocenters. The minimum absolute atomic E-state index is 0.191. The zero-order chi connectivity index (χ0) is 18.8. The molecule has 3 aromatic rings. The first kappa shape index (κ1) is 18.1. The van der Waals surface area contributed by atoms with Crippen LogP contribution in [0.1, 0.15) is 23.2 Å². The van der Waals surface area contributed by atoms with Crippen molar-refractivity contribution in [1.82, 2.24) is 10.3 Å². The third kappa shape index (κ3) is 4.04. The number of amides is 1. The van der Waals surface area contributed by atoms with E-state index in [-0.39, 0.29) is 5.91 Å². The molecule has 1 saturated heterocycles. The Hall–Kier alpha value is -2.24. The number of carbonyl (C=O) groups is 1. The second-order valence-electron chi connectivity index (χ2n) is 6.73. The number of para-hydroxylation sites is 2. The number of fused-ring (bicyclic) bond motifs is 1. The summed E-state index contributed by atoms with van der Waals surface area (Å²) in [7, 11) is 0. The van der Waals surface area contributed by atoms with Crippen LogP contribution in [0.15, 0.2) is 46.9 Å². The van der Waals surface area contributed by atoms with E-state index in [0.717, 1.165) is 37.0 Å². The number of nitrogens with one attached hydrogen (secondary N) is 1. The second kappa shape index (κ2) is 7.79. The molecule has 0 radical (unpaired) electrons. The van der Waals surface area contributed by atoms with Gasteiger partial charge < -0.3 is 14.6 Å². The summed E-state index contributed by atoms with van der Waals surface area (Å²) in [5, 5.41) is 3.87. The van der Waals surface area contributed by atoms with Crippen LogP contribution in [0.2, 0.25) is 10.0 Å². The highest BCUT2D eigenvalue weighted by atomic mass is 35.5. The van der Waals surface area contributed by atoms with Crippen molar-refractivity contribution in [3.8, 4) is 0 Å². The van der Waals surface area contributed by atoms with Gasteiger partial charge in [-0.25, -0.2) is 0 Å². The maximum Gasteiger partial charge on any atom is 0.298 e. The number of halogens is 2. The van der Waals surface area contributed by atoms with Crippen LogP contribution < -0.4 is 10.2 Å². The average molecular weight is 404 g/mol. The summed E-state index contributed by atoms with van der Waals surface area (Å²) in [4.78, 5) is 19.1. The molecule has 1 fully saturated rings. The quantitative estimate of drug-likeness (QED) is 0.680. The lowest BCUT2D eigenvalue weighted by atomic mass is 9.97. The van der Waals surface area contributed by atoms with Crippen LogP contribution >= 0.6 is 23.2 Å². The van der Waals surface area contributed by atoms with E-state index in [1.165, 1.54) is 0 Å². The molecule has 0 saturated carbocycles. The number of oxazole rings is 1. The first-order valence-electron chi connectivity index (χ1n) is 8.94. The van der Waals surface area contributed by atoms with Crippen LogP contribution in [-0.4, -0.2) is 30.5 Å². The molecule has 4 rings (SSSR count). The molecule has 1 aliphatic heterocycles. The topological polar surface area (TPSA) is 58.4 Å². The molecule has 2 heterocycles. The van der Waals surface area contributed by atoms with Gasteiger partial charge in [0.05, 0.1) is 10.6 Å². The number of anilines is 1. The number of nitrogens with zero attached hydrogens (tertiary/aromatic N) is 2. The van der Waals surface area contributed by atoms with Gasteiger partial charge in [-0.05, 0) is 49.1 Å². The van der Waals surface area contributed by atoms with Crippen LogP contribution in [0.5, 0.6) is 0 Å². The molecule has 2 aromatic carbocycles. The Morgan fingerprint density at radius 3 is 2.74 bits per heavy atom. The van der Waals surface area contributed by atoms with Crippen LogP contribution in [0.3, 0.4) is 0 Å². The van der Waals surface area contributed by atoms with Crippen LogP contribution in [0, 0.1) is 5.92 Å². The van der Waals surface area contributed by atoms with E-state index in [1.54, 1.807) is 18.2 Å². The molecule has 140 valence electrons. The molecule has 1 aliphatic rings. The molecule has 1 amide bonds. The normalized spacial score (nSPS) is 15.3. The van der Waals surface area contributed by atoms with Crippen molar-refractivity contribution in [2.24, 2.45) is 5.92 Å². The van der Waals surface area contributed by atoms with E-state index in [0.29, 0.717) is 34.1 Å². The van der Waals surface area contributed by atoms with Gasteiger partial charge in [-0.2, -0.15) is 4.98 Å². The monoisotopic (exact) mass is 403 g/mol. The number of carbonyl (C=O) groups excluding carboxylic acids is 1. The Morgan fingerprint density at radius 1 is 1.19 bits per heavy atom. The standard InChI is InChI=1S/C20H19Cl2N3O2/c21-14-5-6-16(22)15(11-14)19(26)23-12-13-7-9-25(10-8-13)20-24-17-3-1-2-4-18(17)27-20/h1-6,11,13H,7-10,12H2,(H,23,26). The van der Waals surface area contributed by atoms with Gasteiger partial charge in [0.2, 0.25) is 0 Å². The summed E-state index contributed by atoms with van der Waals surface area (Å²) in [5.41, 5.74) is 2.09. The highest BCUT2D eigenvalue weighted by Crippen LogP contribution is 2.26. The minimum atomic E-state index is -0.191. The number of rotatable bonds is 4. The van der Waals surface area contributed by atoms with Gasteiger partial charge in [0.15, 0.2) is 5.58 Å². The third-order valence-corrected chi connectivity index (χ3v) is 5.46. The lowest BCUT2D eigenvalue weighted by molar-refractivity contribution is 0.0945. The molecule has 27 heavy (non-hydrogen) atoms. The van der Waals surface area contributed by atoms with Gasteiger partial charge in [0.25, 0.3) is 11.9 Å². The predicted octanol–water partition coefficient (Wildman–Crippen LogP) is 4.78. The zero-order valence-corrected chi connectivity index (χ0v) is 16.1. The van der Waals surface area contributed by atoms with Crippen molar-refractivity contribution in [2.45, 2.75) is 12.8 Å². The van der Waals surface area contributed by atoms with E-state index in [1.807, 2.05) is 24.3 Å². The molecule has 7 heteroatoms. The first-order chi connectivity index (χ1) is 13.1. The fraction of sp³-hybridized carbons (Fsp3) is 0.300. The minimum Gasteiger partial charge on any atom is -0.423 e. The Kier molecular flexibility index (Phi) is 5.23. The van der Waals surface area contributed by atoms with Gasteiger partial charge in [-0.15, -0.1) is 0 Å². The third-order valence-electron chi connectivity index (χ3n) is 4.89. The van der Waals surface area contributed by atoms with E-state index in [4.69, 9.17) is 27.6 Å². The Morgan fingerprint density at radius 2 is 1.96 bits per heavy atom. The van der Waals surface area contributed by atoms with Gasteiger partial charge >= 0.3 is 0 Å². The highest BCUT2D eigenvalue weighted by molar-refractivity contribution is 6.35. The fourth-order valence-electron chi connectivity index (χ4n) is 3.33. The molecular formula is C20H19Cl2N3O2. The van der Waals surface area contributed by atoms with Crippen molar-refractivity contribution in [2.75, 3.05) is 24.5 Å². The van der Waals surface area contributed by atoms with E-state index < -0.39 is 0 Å². The lowest BCUT2D eigenvalue weighted by Crippen LogP contribution is -2.38. The van der Waals surface area contributed by atoms with Gasteiger partial charge in [-0.3, -0.25) is 4.79 Å². The molecule has 0 atom stereocenters. The van der Waals surface area contributed by atoms with Crippen LogP contribution in [0.25, 0.3) is 11.1 Å². The number of piperidine rings is 1. The summed E-state index contributed by atoms with van der Waals surface area (Å²) < 4.78 is 5.84. The summed E-state index contributed by atoms with van der Waals surface area (Å²) in [6.07, 6.45) is 1.92.